The Morgan fingerprint density at radius 2 is 2.00 bits per heavy atom. The highest BCUT2D eigenvalue weighted by Crippen LogP contribution is 2.34. The predicted octanol–water partition coefficient (Wildman–Crippen LogP) is 2.25. The maximum Gasteiger partial charge on any atom is 0.418 e. The first-order chi connectivity index (χ1) is 7.05. The molecule has 0 radical (unpaired) electrons. The lowest BCUT2D eigenvalue weighted by atomic mass is 10.2. The van der Waals surface area contributed by atoms with Gasteiger partial charge in [0.25, 0.3) is 6.47 Å². The molecule has 6 heteroatoms. The molecular formula is C9H8F3NO2. The maximum absolute atomic E-state index is 12.4. The first-order valence-electron chi connectivity index (χ1n) is 4.01. The van der Waals surface area contributed by atoms with Crippen LogP contribution in [0, 0.1) is 0 Å². The summed E-state index contributed by atoms with van der Waals surface area (Å²) in [6.45, 7) is -0.139. The Balaban J connectivity index is 2.82. The Kier molecular flexibility index (Phi) is 3.54. The first kappa shape index (κ1) is 11.4. The van der Waals surface area contributed by atoms with Gasteiger partial charge in [0.15, 0.2) is 6.73 Å². The fourth-order valence-corrected chi connectivity index (χ4v) is 1.04. The summed E-state index contributed by atoms with van der Waals surface area (Å²) in [5.74, 6) is 0. The monoisotopic (exact) mass is 219 g/mol. The van der Waals surface area contributed by atoms with Crippen LogP contribution in [0.3, 0.4) is 0 Å². The number of carbonyl (C=O) groups is 1. The standard InChI is InChI=1S/C9H8F3NO2/c10-9(11,12)7-3-1-2-4-8(7)13-5-15-6-14/h1-4,6,13H,5H2. The van der Waals surface area contributed by atoms with E-state index in [0.29, 0.717) is 0 Å². The fraction of sp³-hybridized carbons (Fsp3) is 0.222. The molecule has 1 aromatic rings. The van der Waals surface area contributed by atoms with Gasteiger partial charge in [-0.25, -0.2) is 0 Å². The lowest BCUT2D eigenvalue weighted by Crippen LogP contribution is -2.12. The molecule has 0 amide bonds. The SMILES string of the molecule is O=COCNc1ccccc1C(F)(F)F. The molecule has 0 bridgehead atoms. The average molecular weight is 219 g/mol. The summed E-state index contributed by atoms with van der Waals surface area (Å²) < 4.78 is 41.5. The lowest BCUT2D eigenvalue weighted by molar-refractivity contribution is -0.137. The van der Waals surface area contributed by atoms with Gasteiger partial charge in [-0.05, 0) is 12.1 Å². The van der Waals surface area contributed by atoms with Gasteiger partial charge >= 0.3 is 6.18 Å². The number of ether oxygens (including phenoxy) is 1. The van der Waals surface area contributed by atoms with Crippen molar-refractivity contribution in [3.8, 4) is 0 Å². The minimum absolute atomic E-state index is 0.119. The van der Waals surface area contributed by atoms with Crippen molar-refractivity contribution in [1.82, 2.24) is 0 Å². The highest BCUT2D eigenvalue weighted by molar-refractivity contribution is 5.52. The molecule has 1 N–H and O–H groups in total. The Morgan fingerprint density at radius 1 is 1.33 bits per heavy atom. The van der Waals surface area contributed by atoms with Crippen LogP contribution in [0.1, 0.15) is 5.56 Å². The van der Waals surface area contributed by atoms with Gasteiger partial charge in [0.05, 0.1) is 5.56 Å². The highest BCUT2D eigenvalue weighted by Gasteiger charge is 2.32. The van der Waals surface area contributed by atoms with E-state index in [1.807, 2.05) is 0 Å². The average Bonchev–Trinajstić information content (AvgIpc) is 2.17. The van der Waals surface area contributed by atoms with E-state index < -0.39 is 11.7 Å². The van der Waals surface area contributed by atoms with Crippen LogP contribution in [0.5, 0.6) is 0 Å². The lowest BCUT2D eigenvalue weighted by Gasteiger charge is -2.13. The van der Waals surface area contributed by atoms with Gasteiger partial charge in [0.2, 0.25) is 0 Å². The molecule has 0 heterocycles. The van der Waals surface area contributed by atoms with Crippen LogP contribution in [0.25, 0.3) is 0 Å². The molecule has 1 aromatic carbocycles. The zero-order valence-corrected chi connectivity index (χ0v) is 7.54. The number of carbonyl (C=O) groups excluding carboxylic acids is 1. The third-order valence-corrected chi connectivity index (χ3v) is 1.65. The Bertz CT molecular complexity index is 338. The Labute approximate surface area is 83.8 Å². The summed E-state index contributed by atoms with van der Waals surface area (Å²) in [4.78, 5) is 9.79. The minimum atomic E-state index is -4.43. The van der Waals surface area contributed by atoms with E-state index in [4.69, 9.17) is 0 Å². The second-order valence-electron chi connectivity index (χ2n) is 2.63. The smallest absolute Gasteiger partial charge is 0.418 e. The number of hydrogen-bond acceptors (Lipinski definition) is 3. The zero-order chi connectivity index (χ0) is 11.3. The van der Waals surface area contributed by atoms with Gasteiger partial charge in [0, 0.05) is 5.69 Å². The van der Waals surface area contributed by atoms with Crippen molar-refractivity contribution in [2.45, 2.75) is 6.18 Å². The summed E-state index contributed by atoms with van der Waals surface area (Å²) >= 11 is 0. The molecular weight excluding hydrogens is 211 g/mol. The van der Waals surface area contributed by atoms with Crippen molar-refractivity contribution in [2.75, 3.05) is 12.0 Å². The first-order valence-corrected chi connectivity index (χ1v) is 4.01. The summed E-state index contributed by atoms with van der Waals surface area (Å²) in [5.41, 5.74) is -0.911. The number of hydrogen-bond donors (Lipinski definition) is 1. The van der Waals surface area contributed by atoms with Gasteiger partial charge in [-0.1, -0.05) is 12.1 Å². The van der Waals surface area contributed by atoms with Crippen molar-refractivity contribution < 1.29 is 22.7 Å². The van der Waals surface area contributed by atoms with Crippen LogP contribution in [-0.2, 0) is 15.7 Å². The van der Waals surface area contributed by atoms with E-state index >= 15 is 0 Å². The summed E-state index contributed by atoms with van der Waals surface area (Å²) in [6, 6.07) is 4.95. The minimum Gasteiger partial charge on any atom is -0.447 e. The van der Waals surface area contributed by atoms with Crippen molar-refractivity contribution in [2.24, 2.45) is 0 Å². The molecule has 0 aliphatic carbocycles. The largest absolute Gasteiger partial charge is 0.447 e. The van der Waals surface area contributed by atoms with Crippen molar-refractivity contribution in [1.29, 1.82) is 0 Å². The van der Waals surface area contributed by atoms with E-state index in [2.05, 4.69) is 10.1 Å². The van der Waals surface area contributed by atoms with Gasteiger partial charge < -0.3 is 10.1 Å². The molecule has 0 saturated carbocycles. The van der Waals surface area contributed by atoms with E-state index in [0.717, 1.165) is 6.07 Å². The van der Waals surface area contributed by atoms with Gasteiger partial charge in [-0.2, -0.15) is 13.2 Å². The zero-order valence-electron chi connectivity index (χ0n) is 7.54. The molecule has 82 valence electrons. The molecule has 0 unspecified atom stereocenters. The molecule has 0 saturated heterocycles. The van der Waals surface area contributed by atoms with Gasteiger partial charge in [0.1, 0.15) is 0 Å². The Hall–Kier alpha value is -1.72. The van der Waals surface area contributed by atoms with E-state index in [1.54, 1.807) is 0 Å². The van der Waals surface area contributed by atoms with Gasteiger partial charge in [-0.3, -0.25) is 4.79 Å². The van der Waals surface area contributed by atoms with Crippen molar-refractivity contribution >= 4 is 12.2 Å². The second-order valence-corrected chi connectivity index (χ2v) is 2.63. The van der Waals surface area contributed by atoms with E-state index in [-0.39, 0.29) is 18.9 Å². The number of alkyl halides is 3. The number of nitrogens with one attached hydrogen (secondary N) is 1. The molecule has 3 nitrogen and oxygen atoms in total. The Morgan fingerprint density at radius 3 is 2.60 bits per heavy atom. The van der Waals surface area contributed by atoms with Crippen molar-refractivity contribution in [3.05, 3.63) is 29.8 Å². The molecule has 15 heavy (non-hydrogen) atoms. The summed E-state index contributed by atoms with van der Waals surface area (Å²) in [7, 11) is 0. The van der Waals surface area contributed by atoms with Crippen LogP contribution < -0.4 is 5.32 Å². The van der Waals surface area contributed by atoms with Crippen LogP contribution in [0.2, 0.25) is 0 Å². The molecule has 0 aliphatic rings. The van der Waals surface area contributed by atoms with Crippen LogP contribution in [0.4, 0.5) is 18.9 Å². The molecule has 0 spiro atoms. The third-order valence-electron chi connectivity index (χ3n) is 1.65. The number of anilines is 1. The van der Waals surface area contributed by atoms with Crippen LogP contribution in [-0.4, -0.2) is 13.2 Å². The van der Waals surface area contributed by atoms with E-state index in [1.165, 1.54) is 18.2 Å². The number of halogens is 3. The van der Waals surface area contributed by atoms with Crippen LogP contribution in [0.15, 0.2) is 24.3 Å². The van der Waals surface area contributed by atoms with Crippen LogP contribution >= 0.6 is 0 Å². The fourth-order valence-electron chi connectivity index (χ4n) is 1.04. The number of benzene rings is 1. The topological polar surface area (TPSA) is 38.3 Å². The summed E-state index contributed by atoms with van der Waals surface area (Å²) in [6.07, 6.45) is -4.43. The van der Waals surface area contributed by atoms with E-state index in [9.17, 15) is 18.0 Å². The molecule has 1 rings (SSSR count). The summed E-state index contributed by atoms with van der Waals surface area (Å²) in [5, 5.41) is 2.35. The highest BCUT2D eigenvalue weighted by atomic mass is 19.4. The normalized spacial score (nSPS) is 10.9. The predicted molar refractivity (Wildman–Crippen MR) is 47.1 cm³/mol. The molecule has 0 aliphatic heterocycles. The molecule has 0 atom stereocenters. The third kappa shape index (κ3) is 3.16. The molecule has 0 aromatic heterocycles. The maximum atomic E-state index is 12.4. The number of para-hydroxylation sites is 1. The second kappa shape index (κ2) is 4.68. The molecule has 0 fully saturated rings. The number of rotatable bonds is 4. The van der Waals surface area contributed by atoms with Gasteiger partial charge in [-0.15, -0.1) is 0 Å². The van der Waals surface area contributed by atoms with Crippen molar-refractivity contribution in [3.63, 3.8) is 0 Å². The quantitative estimate of drug-likeness (QED) is 0.479.